The Labute approximate surface area is 102 Å². The number of nitrogens with zero attached hydrogens (tertiary/aromatic N) is 2. The molecule has 3 nitrogen and oxygen atoms in total. The highest BCUT2D eigenvalue weighted by molar-refractivity contribution is 5.28. The molecular formula is C14H19N3. The minimum absolute atomic E-state index is 0.840. The number of nitrogens with one attached hydrogen (secondary N) is 1. The zero-order chi connectivity index (χ0) is 12.3. The van der Waals surface area contributed by atoms with Gasteiger partial charge in [-0.05, 0) is 32.5 Å². The Morgan fingerprint density at radius 1 is 1.18 bits per heavy atom. The average molecular weight is 229 g/mol. The minimum Gasteiger partial charge on any atom is -0.314 e. The first-order valence-electron chi connectivity index (χ1n) is 5.91. The first kappa shape index (κ1) is 11.9. The van der Waals surface area contributed by atoms with Crippen LogP contribution in [-0.2, 0) is 13.1 Å². The summed E-state index contributed by atoms with van der Waals surface area (Å²) in [5.74, 6) is 0. The number of hydrogen-bond acceptors (Lipinski definition) is 2. The summed E-state index contributed by atoms with van der Waals surface area (Å²) in [7, 11) is 1.95. The summed E-state index contributed by atoms with van der Waals surface area (Å²) in [6.45, 7) is 5.96. The van der Waals surface area contributed by atoms with E-state index in [9.17, 15) is 0 Å². The lowest BCUT2D eigenvalue weighted by molar-refractivity contribution is 0.622. The molecule has 90 valence electrons. The molecule has 0 radical (unpaired) electrons. The van der Waals surface area contributed by atoms with Crippen molar-refractivity contribution in [1.29, 1.82) is 0 Å². The van der Waals surface area contributed by atoms with Gasteiger partial charge in [0.2, 0.25) is 0 Å². The Kier molecular flexibility index (Phi) is 3.59. The maximum atomic E-state index is 4.37. The van der Waals surface area contributed by atoms with Gasteiger partial charge in [0.1, 0.15) is 0 Å². The molecule has 0 aliphatic carbocycles. The van der Waals surface area contributed by atoms with E-state index in [2.05, 4.69) is 48.5 Å². The number of rotatable bonds is 4. The fourth-order valence-corrected chi connectivity index (χ4v) is 2.17. The van der Waals surface area contributed by atoms with E-state index in [0.717, 1.165) is 13.1 Å². The second kappa shape index (κ2) is 5.15. The van der Waals surface area contributed by atoms with E-state index in [1.54, 1.807) is 0 Å². The second-order valence-electron chi connectivity index (χ2n) is 4.51. The first-order valence-corrected chi connectivity index (χ1v) is 5.91. The molecular weight excluding hydrogens is 210 g/mol. The van der Waals surface area contributed by atoms with E-state index in [0.29, 0.717) is 0 Å². The lowest BCUT2D eigenvalue weighted by Gasteiger charge is -2.09. The van der Waals surface area contributed by atoms with Crippen molar-refractivity contribution in [2.45, 2.75) is 26.9 Å². The van der Waals surface area contributed by atoms with Crippen LogP contribution in [0.4, 0.5) is 0 Å². The predicted molar refractivity (Wildman–Crippen MR) is 70.0 cm³/mol. The van der Waals surface area contributed by atoms with Gasteiger partial charge in [-0.25, -0.2) is 0 Å². The summed E-state index contributed by atoms with van der Waals surface area (Å²) in [6, 6.07) is 8.69. The van der Waals surface area contributed by atoms with E-state index in [-0.39, 0.29) is 0 Å². The van der Waals surface area contributed by atoms with Crippen molar-refractivity contribution in [1.82, 2.24) is 15.1 Å². The van der Waals surface area contributed by atoms with Crippen LogP contribution >= 0.6 is 0 Å². The third kappa shape index (κ3) is 2.94. The topological polar surface area (TPSA) is 29.9 Å². The molecule has 3 heteroatoms. The first-order chi connectivity index (χ1) is 8.19. The maximum absolute atomic E-state index is 4.37. The smallest absolute Gasteiger partial charge is 0.0663 e. The van der Waals surface area contributed by atoms with Crippen LogP contribution in [0.2, 0.25) is 0 Å². The highest BCUT2D eigenvalue weighted by Gasteiger charge is 2.03. The molecule has 0 spiro atoms. The largest absolute Gasteiger partial charge is 0.314 e. The monoisotopic (exact) mass is 229 g/mol. The van der Waals surface area contributed by atoms with Gasteiger partial charge in [-0.3, -0.25) is 4.68 Å². The van der Waals surface area contributed by atoms with Gasteiger partial charge in [-0.15, -0.1) is 0 Å². The average Bonchev–Trinajstić information content (AvgIpc) is 2.65. The van der Waals surface area contributed by atoms with Gasteiger partial charge in [-0.1, -0.05) is 29.3 Å². The lowest BCUT2D eigenvalue weighted by Crippen LogP contribution is -2.13. The normalized spacial score (nSPS) is 10.8. The van der Waals surface area contributed by atoms with E-state index in [1.807, 2.05) is 17.9 Å². The summed E-state index contributed by atoms with van der Waals surface area (Å²) in [4.78, 5) is 0. The van der Waals surface area contributed by atoms with Crippen molar-refractivity contribution in [3.05, 3.63) is 52.8 Å². The van der Waals surface area contributed by atoms with Crippen LogP contribution in [0.1, 0.15) is 22.4 Å². The third-order valence-electron chi connectivity index (χ3n) is 2.78. The standard InChI is InChI=1S/C14H19N3/c1-11-6-12(2)8-13(7-11)10-17-14(9-15-3)4-5-16-17/h4-8,15H,9-10H2,1-3H3. The SMILES string of the molecule is CNCc1ccnn1Cc1cc(C)cc(C)c1. The fourth-order valence-electron chi connectivity index (χ4n) is 2.17. The zero-order valence-corrected chi connectivity index (χ0v) is 10.7. The van der Waals surface area contributed by atoms with Crippen LogP contribution < -0.4 is 5.32 Å². The molecule has 0 amide bonds. The van der Waals surface area contributed by atoms with Gasteiger partial charge in [0.25, 0.3) is 0 Å². The predicted octanol–water partition coefficient (Wildman–Crippen LogP) is 2.27. The number of benzene rings is 1. The van der Waals surface area contributed by atoms with Crippen molar-refractivity contribution < 1.29 is 0 Å². The molecule has 1 N–H and O–H groups in total. The van der Waals surface area contributed by atoms with E-state index in [4.69, 9.17) is 0 Å². The Balaban J connectivity index is 2.22. The summed E-state index contributed by atoms with van der Waals surface area (Å²) in [6.07, 6.45) is 1.86. The van der Waals surface area contributed by atoms with Crippen molar-refractivity contribution in [3.8, 4) is 0 Å². The Morgan fingerprint density at radius 3 is 2.53 bits per heavy atom. The van der Waals surface area contributed by atoms with Crippen LogP contribution in [0.5, 0.6) is 0 Å². The second-order valence-corrected chi connectivity index (χ2v) is 4.51. The van der Waals surface area contributed by atoms with E-state index < -0.39 is 0 Å². The molecule has 1 heterocycles. The summed E-state index contributed by atoms with van der Waals surface area (Å²) < 4.78 is 2.05. The fraction of sp³-hybridized carbons (Fsp3) is 0.357. The number of aromatic nitrogens is 2. The molecule has 17 heavy (non-hydrogen) atoms. The van der Waals surface area contributed by atoms with Crippen LogP contribution in [0.25, 0.3) is 0 Å². The molecule has 0 fully saturated rings. The molecule has 0 saturated heterocycles. The molecule has 0 bridgehead atoms. The molecule has 0 atom stereocenters. The van der Waals surface area contributed by atoms with Gasteiger partial charge < -0.3 is 5.32 Å². The van der Waals surface area contributed by atoms with E-state index in [1.165, 1.54) is 22.4 Å². The minimum atomic E-state index is 0.840. The molecule has 0 saturated carbocycles. The Bertz CT molecular complexity index is 480. The number of aryl methyl sites for hydroxylation is 2. The summed E-state index contributed by atoms with van der Waals surface area (Å²) in [5.41, 5.74) is 5.14. The Hall–Kier alpha value is -1.61. The van der Waals surface area contributed by atoms with Crippen LogP contribution in [0, 0.1) is 13.8 Å². The molecule has 1 aromatic heterocycles. The highest BCUT2D eigenvalue weighted by atomic mass is 15.3. The summed E-state index contributed by atoms with van der Waals surface area (Å²) >= 11 is 0. The molecule has 0 aliphatic heterocycles. The van der Waals surface area contributed by atoms with Crippen molar-refractivity contribution >= 4 is 0 Å². The maximum Gasteiger partial charge on any atom is 0.0663 e. The lowest BCUT2D eigenvalue weighted by atomic mass is 10.1. The van der Waals surface area contributed by atoms with Gasteiger partial charge in [-0.2, -0.15) is 5.10 Å². The summed E-state index contributed by atoms with van der Waals surface area (Å²) in [5, 5.41) is 7.52. The van der Waals surface area contributed by atoms with E-state index >= 15 is 0 Å². The molecule has 0 aliphatic rings. The molecule has 1 aromatic carbocycles. The van der Waals surface area contributed by atoms with Gasteiger partial charge in [0, 0.05) is 12.7 Å². The van der Waals surface area contributed by atoms with Gasteiger partial charge >= 0.3 is 0 Å². The molecule has 0 unspecified atom stereocenters. The van der Waals surface area contributed by atoms with Gasteiger partial charge in [0.05, 0.1) is 12.2 Å². The molecule has 2 rings (SSSR count). The highest BCUT2D eigenvalue weighted by Crippen LogP contribution is 2.11. The van der Waals surface area contributed by atoms with Gasteiger partial charge in [0.15, 0.2) is 0 Å². The number of hydrogen-bond donors (Lipinski definition) is 1. The van der Waals surface area contributed by atoms with Crippen LogP contribution in [0.3, 0.4) is 0 Å². The van der Waals surface area contributed by atoms with Crippen LogP contribution in [-0.4, -0.2) is 16.8 Å². The quantitative estimate of drug-likeness (QED) is 0.871. The van der Waals surface area contributed by atoms with Crippen molar-refractivity contribution in [3.63, 3.8) is 0 Å². The molecule has 2 aromatic rings. The van der Waals surface area contributed by atoms with Crippen LogP contribution in [0.15, 0.2) is 30.5 Å². The Morgan fingerprint density at radius 2 is 1.88 bits per heavy atom. The van der Waals surface area contributed by atoms with Crippen molar-refractivity contribution in [2.24, 2.45) is 0 Å². The van der Waals surface area contributed by atoms with Crippen molar-refractivity contribution in [2.75, 3.05) is 7.05 Å². The zero-order valence-electron chi connectivity index (χ0n) is 10.7. The third-order valence-corrected chi connectivity index (χ3v) is 2.78.